The minimum Gasteiger partial charge on any atom is -0.279 e. The smallest absolute Gasteiger partial charge is 0.244 e. The van der Waals surface area contributed by atoms with E-state index < -0.39 is 0 Å². The van der Waals surface area contributed by atoms with E-state index in [1.165, 1.54) is 28.5 Å². The lowest BCUT2D eigenvalue weighted by molar-refractivity contribution is -0.107. The van der Waals surface area contributed by atoms with Gasteiger partial charge in [-0.05, 0) is 61.1 Å². The van der Waals surface area contributed by atoms with E-state index >= 15 is 0 Å². The third-order valence-electron chi connectivity index (χ3n) is 2.89. The van der Waals surface area contributed by atoms with Gasteiger partial charge in [0.2, 0.25) is 5.12 Å². The highest BCUT2D eigenvalue weighted by molar-refractivity contribution is 8.45. The maximum Gasteiger partial charge on any atom is 0.244 e. The summed E-state index contributed by atoms with van der Waals surface area (Å²) < 4.78 is 0.862. The number of hydrogen-bond acceptors (Lipinski definition) is 4. The molecule has 1 aliphatic heterocycles. The van der Waals surface area contributed by atoms with Crippen LogP contribution in [0, 0.1) is 20.8 Å². The van der Waals surface area contributed by atoms with Crippen molar-refractivity contribution in [3.63, 3.8) is 0 Å². The van der Waals surface area contributed by atoms with Crippen LogP contribution >= 0.6 is 23.5 Å². The van der Waals surface area contributed by atoms with Crippen molar-refractivity contribution < 1.29 is 4.79 Å². The Hall–Kier alpha value is -1.000. The Morgan fingerprint density at radius 1 is 1.26 bits per heavy atom. The number of aryl methyl sites for hydroxylation is 3. The molecule has 1 aromatic carbocycles. The lowest BCUT2D eigenvalue weighted by Crippen LogP contribution is -1.92. The predicted molar refractivity (Wildman–Crippen MR) is 86.8 cm³/mol. The zero-order valence-electron chi connectivity index (χ0n) is 11.6. The second-order valence-corrected chi connectivity index (χ2v) is 7.01. The maximum absolute atomic E-state index is 11.9. The number of benzene rings is 1. The summed E-state index contributed by atoms with van der Waals surface area (Å²) in [4.78, 5) is 16.3. The van der Waals surface area contributed by atoms with E-state index in [0.717, 1.165) is 15.7 Å². The molecule has 2 rings (SSSR count). The van der Waals surface area contributed by atoms with Gasteiger partial charge in [0.25, 0.3) is 0 Å². The molecule has 0 aliphatic carbocycles. The Balaban J connectivity index is 2.39. The molecule has 0 unspecified atom stereocenters. The second kappa shape index (κ2) is 5.97. The summed E-state index contributed by atoms with van der Waals surface area (Å²) in [7, 11) is 0. The molecule has 2 nitrogen and oxygen atoms in total. The zero-order chi connectivity index (χ0) is 14.0. The molecular weight excluding hydrogens is 274 g/mol. The van der Waals surface area contributed by atoms with E-state index in [0.29, 0.717) is 5.70 Å². The van der Waals surface area contributed by atoms with Gasteiger partial charge < -0.3 is 0 Å². The maximum atomic E-state index is 11.9. The molecule has 0 saturated carbocycles. The van der Waals surface area contributed by atoms with Gasteiger partial charge in [0, 0.05) is 0 Å². The number of carbonyl (C=O) groups excluding carboxylic acids is 1. The highest BCUT2D eigenvalue weighted by atomic mass is 32.2. The molecule has 0 atom stereocenters. The van der Waals surface area contributed by atoms with E-state index in [9.17, 15) is 4.79 Å². The zero-order valence-corrected chi connectivity index (χ0v) is 13.2. The van der Waals surface area contributed by atoms with Gasteiger partial charge in [-0.15, -0.1) is 0 Å². The summed E-state index contributed by atoms with van der Waals surface area (Å²) in [6.07, 6.45) is 1.92. The first kappa shape index (κ1) is 14.4. The van der Waals surface area contributed by atoms with Crippen LogP contribution in [0.5, 0.6) is 0 Å². The molecule has 0 radical (unpaired) electrons. The quantitative estimate of drug-likeness (QED) is 0.759. The minimum absolute atomic E-state index is 0.0512. The van der Waals surface area contributed by atoms with Crippen molar-refractivity contribution >= 4 is 39.1 Å². The first-order valence-electron chi connectivity index (χ1n) is 6.24. The number of aliphatic imine (C=N–C) groups is 1. The molecule has 0 N–H and O–H groups in total. The van der Waals surface area contributed by atoms with Crippen molar-refractivity contribution in [1.29, 1.82) is 0 Å². The van der Waals surface area contributed by atoms with Gasteiger partial charge in [0.05, 0.1) is 0 Å². The fourth-order valence-corrected chi connectivity index (χ4v) is 3.87. The number of carbonyl (C=O) groups is 1. The molecular formula is C15H17NOS2. The van der Waals surface area contributed by atoms with Crippen molar-refractivity contribution in [3.8, 4) is 0 Å². The van der Waals surface area contributed by atoms with Gasteiger partial charge in [0.15, 0.2) is 0 Å². The standard InChI is InChI=1S/C15H17NOS2/c1-5-18-15-16-13(14(17)19-15)8-12-10(3)6-9(2)7-11(12)4/h6-8H,5H2,1-4H3. The molecule has 1 aromatic rings. The lowest BCUT2D eigenvalue weighted by atomic mass is 9.99. The Morgan fingerprint density at radius 2 is 1.89 bits per heavy atom. The van der Waals surface area contributed by atoms with Crippen LogP contribution in [0.2, 0.25) is 0 Å². The second-order valence-electron chi connectivity index (χ2n) is 4.54. The van der Waals surface area contributed by atoms with Crippen molar-refractivity contribution in [1.82, 2.24) is 0 Å². The summed E-state index contributed by atoms with van der Waals surface area (Å²) in [5.41, 5.74) is 5.30. The highest BCUT2D eigenvalue weighted by Crippen LogP contribution is 2.31. The fraction of sp³-hybridized carbons (Fsp3) is 0.333. The molecule has 19 heavy (non-hydrogen) atoms. The SMILES string of the molecule is CCSC1=NC(=Cc2c(C)cc(C)cc2C)C(=O)S1. The third-order valence-corrected chi connectivity index (χ3v) is 4.78. The normalized spacial score (nSPS) is 17.2. The van der Waals surface area contributed by atoms with Crippen LogP contribution in [0.3, 0.4) is 0 Å². The number of thioether (sulfide) groups is 2. The van der Waals surface area contributed by atoms with Gasteiger partial charge in [-0.1, -0.05) is 36.4 Å². The fourth-order valence-electron chi connectivity index (χ4n) is 2.13. The molecule has 0 aromatic heterocycles. The average molecular weight is 291 g/mol. The van der Waals surface area contributed by atoms with Gasteiger partial charge in [-0.25, -0.2) is 4.99 Å². The van der Waals surface area contributed by atoms with Crippen molar-refractivity contribution in [3.05, 3.63) is 40.1 Å². The first-order chi connectivity index (χ1) is 9.01. The Kier molecular flexibility index (Phi) is 4.53. The average Bonchev–Trinajstić information content (AvgIpc) is 2.64. The summed E-state index contributed by atoms with van der Waals surface area (Å²) in [6.45, 7) is 8.30. The predicted octanol–water partition coefficient (Wildman–Crippen LogP) is 4.34. The van der Waals surface area contributed by atoms with Crippen LogP contribution < -0.4 is 0 Å². The molecule has 0 bridgehead atoms. The van der Waals surface area contributed by atoms with Crippen LogP contribution in [0.1, 0.15) is 29.2 Å². The van der Waals surface area contributed by atoms with Crippen LogP contribution in [-0.4, -0.2) is 15.2 Å². The van der Waals surface area contributed by atoms with E-state index in [-0.39, 0.29) is 5.12 Å². The number of rotatable bonds is 2. The van der Waals surface area contributed by atoms with Gasteiger partial charge in [0.1, 0.15) is 10.1 Å². The van der Waals surface area contributed by atoms with E-state index in [1.807, 2.05) is 6.08 Å². The number of nitrogens with zero attached hydrogens (tertiary/aromatic N) is 1. The molecule has 0 fully saturated rings. The van der Waals surface area contributed by atoms with Crippen molar-refractivity contribution in [2.45, 2.75) is 27.7 Å². The van der Waals surface area contributed by atoms with Crippen LogP contribution in [-0.2, 0) is 4.79 Å². The van der Waals surface area contributed by atoms with Gasteiger partial charge in [-0.3, -0.25) is 4.79 Å². The topological polar surface area (TPSA) is 29.4 Å². The summed E-state index contributed by atoms with van der Waals surface area (Å²) in [5, 5.41) is 0.0512. The minimum atomic E-state index is 0.0512. The largest absolute Gasteiger partial charge is 0.279 e. The Labute approximate surface area is 122 Å². The summed E-state index contributed by atoms with van der Waals surface area (Å²) >= 11 is 2.86. The molecule has 0 amide bonds. The molecule has 1 heterocycles. The Morgan fingerprint density at radius 3 is 2.47 bits per heavy atom. The van der Waals surface area contributed by atoms with E-state index in [1.54, 1.807) is 11.8 Å². The first-order valence-corrected chi connectivity index (χ1v) is 8.04. The molecule has 1 aliphatic rings. The monoisotopic (exact) mass is 291 g/mol. The number of hydrogen-bond donors (Lipinski definition) is 0. The summed E-state index contributed by atoms with van der Waals surface area (Å²) in [6, 6.07) is 4.27. The summed E-state index contributed by atoms with van der Waals surface area (Å²) in [5.74, 6) is 0.939. The van der Waals surface area contributed by atoms with Gasteiger partial charge in [-0.2, -0.15) is 0 Å². The van der Waals surface area contributed by atoms with Gasteiger partial charge >= 0.3 is 0 Å². The Bertz CT molecular complexity index is 565. The van der Waals surface area contributed by atoms with Crippen molar-refractivity contribution in [2.75, 3.05) is 5.75 Å². The molecule has 0 saturated heterocycles. The molecule has 4 heteroatoms. The third kappa shape index (κ3) is 3.31. The highest BCUT2D eigenvalue weighted by Gasteiger charge is 2.22. The van der Waals surface area contributed by atoms with Crippen LogP contribution in [0.25, 0.3) is 6.08 Å². The molecule has 100 valence electrons. The van der Waals surface area contributed by atoms with Crippen LogP contribution in [0.15, 0.2) is 22.8 Å². The van der Waals surface area contributed by atoms with E-state index in [2.05, 4.69) is 44.8 Å². The van der Waals surface area contributed by atoms with Crippen molar-refractivity contribution in [2.24, 2.45) is 4.99 Å². The molecule has 0 spiro atoms. The lowest BCUT2D eigenvalue weighted by Gasteiger charge is -2.07. The van der Waals surface area contributed by atoms with Crippen LogP contribution in [0.4, 0.5) is 0 Å². The van der Waals surface area contributed by atoms with E-state index in [4.69, 9.17) is 0 Å².